The first-order chi connectivity index (χ1) is 12.4. The average Bonchev–Trinajstić information content (AvgIpc) is 3.25. The molecule has 0 aliphatic carbocycles. The molecule has 0 N–H and O–H groups in total. The van der Waals surface area contributed by atoms with E-state index >= 15 is 0 Å². The molecule has 2 atom stereocenters. The van der Waals surface area contributed by atoms with E-state index in [9.17, 15) is 0 Å². The second-order valence-electron chi connectivity index (χ2n) is 7.13. The van der Waals surface area contributed by atoms with E-state index in [2.05, 4.69) is 25.7 Å². The summed E-state index contributed by atoms with van der Waals surface area (Å²) in [7, 11) is 0. The minimum absolute atomic E-state index is 0.437. The Morgan fingerprint density at radius 3 is 3.00 bits per heavy atom. The summed E-state index contributed by atoms with van der Waals surface area (Å²) in [5, 5.41) is 4.50. The third-order valence-corrected chi connectivity index (χ3v) is 5.01. The standard InChI is InChI=1S/C19H26N4O2/c1-2-6-20-18(3-1)15-25-14-17-10-22(9-16-5-8-24-13-16)12-19-4-7-21-23(19)11-17/h1-4,6-7,16-17H,5,8-15H2. The molecule has 2 aliphatic heterocycles. The summed E-state index contributed by atoms with van der Waals surface area (Å²) in [6.45, 7) is 7.14. The summed E-state index contributed by atoms with van der Waals surface area (Å²) in [6, 6.07) is 8.07. The summed E-state index contributed by atoms with van der Waals surface area (Å²) in [4.78, 5) is 6.87. The Kier molecular flexibility index (Phi) is 5.40. The van der Waals surface area contributed by atoms with Crippen LogP contribution in [0.3, 0.4) is 0 Å². The van der Waals surface area contributed by atoms with Gasteiger partial charge >= 0.3 is 0 Å². The fraction of sp³-hybridized carbons (Fsp3) is 0.579. The molecule has 4 heterocycles. The molecule has 2 aromatic heterocycles. The van der Waals surface area contributed by atoms with Crippen molar-refractivity contribution in [2.75, 3.05) is 32.9 Å². The fourth-order valence-corrected chi connectivity index (χ4v) is 3.77. The highest BCUT2D eigenvalue weighted by Gasteiger charge is 2.26. The normalized spacial score (nSPS) is 24.2. The second kappa shape index (κ2) is 8.08. The van der Waals surface area contributed by atoms with Gasteiger partial charge in [0.05, 0.1) is 31.2 Å². The first kappa shape index (κ1) is 16.7. The van der Waals surface area contributed by atoms with Crippen molar-refractivity contribution < 1.29 is 9.47 Å². The number of nitrogens with zero attached hydrogens (tertiary/aromatic N) is 4. The van der Waals surface area contributed by atoms with Crippen molar-refractivity contribution in [2.45, 2.75) is 26.1 Å². The molecule has 0 aromatic carbocycles. The van der Waals surface area contributed by atoms with Gasteiger partial charge in [-0.3, -0.25) is 14.6 Å². The van der Waals surface area contributed by atoms with Gasteiger partial charge in [-0.15, -0.1) is 0 Å². The first-order valence-corrected chi connectivity index (χ1v) is 9.15. The van der Waals surface area contributed by atoms with Gasteiger partial charge in [-0.05, 0) is 30.5 Å². The lowest BCUT2D eigenvalue weighted by Gasteiger charge is -2.26. The highest BCUT2D eigenvalue weighted by molar-refractivity contribution is 5.03. The Morgan fingerprint density at radius 1 is 1.16 bits per heavy atom. The van der Waals surface area contributed by atoms with Crippen molar-refractivity contribution in [2.24, 2.45) is 11.8 Å². The molecular weight excluding hydrogens is 316 g/mol. The SMILES string of the molecule is c1ccc(COCC2CN(CC3CCOC3)Cc3ccnn3C2)nc1. The van der Waals surface area contributed by atoms with E-state index in [1.54, 1.807) is 0 Å². The molecule has 0 saturated carbocycles. The van der Waals surface area contributed by atoms with Crippen LogP contribution >= 0.6 is 0 Å². The Morgan fingerprint density at radius 2 is 2.16 bits per heavy atom. The Bertz CT molecular complexity index is 654. The molecule has 6 heteroatoms. The lowest BCUT2D eigenvalue weighted by molar-refractivity contribution is 0.0619. The van der Waals surface area contributed by atoms with Gasteiger partial charge in [0.15, 0.2) is 0 Å². The van der Waals surface area contributed by atoms with Crippen molar-refractivity contribution in [3.05, 3.63) is 48.0 Å². The summed E-state index contributed by atoms with van der Waals surface area (Å²) < 4.78 is 13.7. The van der Waals surface area contributed by atoms with Crippen molar-refractivity contribution in [1.29, 1.82) is 0 Å². The first-order valence-electron chi connectivity index (χ1n) is 9.15. The Balaban J connectivity index is 1.36. The highest BCUT2D eigenvalue weighted by Crippen LogP contribution is 2.20. The molecule has 4 rings (SSSR count). The molecule has 2 aromatic rings. The van der Waals surface area contributed by atoms with E-state index in [0.29, 0.717) is 18.4 Å². The van der Waals surface area contributed by atoms with Gasteiger partial charge in [0.25, 0.3) is 0 Å². The molecular formula is C19H26N4O2. The Hall–Kier alpha value is -1.76. The van der Waals surface area contributed by atoms with Gasteiger partial charge in [-0.1, -0.05) is 6.07 Å². The number of rotatable bonds is 6. The van der Waals surface area contributed by atoms with E-state index in [0.717, 1.165) is 51.7 Å². The number of pyridine rings is 1. The van der Waals surface area contributed by atoms with Crippen LogP contribution in [-0.4, -0.2) is 52.6 Å². The van der Waals surface area contributed by atoms with Gasteiger partial charge in [0.2, 0.25) is 0 Å². The Labute approximate surface area is 148 Å². The van der Waals surface area contributed by atoms with Crippen molar-refractivity contribution >= 4 is 0 Å². The predicted molar refractivity (Wildman–Crippen MR) is 93.8 cm³/mol. The number of aromatic nitrogens is 3. The smallest absolute Gasteiger partial charge is 0.0887 e. The number of fused-ring (bicyclic) bond motifs is 1. The monoisotopic (exact) mass is 342 g/mol. The molecule has 2 aliphatic rings. The lowest BCUT2D eigenvalue weighted by Crippen LogP contribution is -2.34. The zero-order chi connectivity index (χ0) is 16.9. The number of ether oxygens (including phenoxy) is 2. The summed E-state index contributed by atoms with van der Waals surface area (Å²) in [6.07, 6.45) is 4.89. The van der Waals surface area contributed by atoms with E-state index in [1.807, 2.05) is 30.6 Å². The average molecular weight is 342 g/mol. The largest absolute Gasteiger partial charge is 0.381 e. The molecule has 0 radical (unpaired) electrons. The maximum absolute atomic E-state index is 5.97. The van der Waals surface area contributed by atoms with Crippen molar-refractivity contribution in [1.82, 2.24) is 19.7 Å². The van der Waals surface area contributed by atoms with E-state index in [4.69, 9.17) is 9.47 Å². The van der Waals surface area contributed by atoms with Gasteiger partial charge < -0.3 is 9.47 Å². The zero-order valence-electron chi connectivity index (χ0n) is 14.6. The molecule has 1 saturated heterocycles. The minimum Gasteiger partial charge on any atom is -0.381 e. The van der Waals surface area contributed by atoms with Gasteiger partial charge in [0.1, 0.15) is 0 Å². The molecule has 134 valence electrons. The van der Waals surface area contributed by atoms with Gasteiger partial charge in [-0.2, -0.15) is 5.10 Å². The highest BCUT2D eigenvalue weighted by atomic mass is 16.5. The number of hydrogen-bond acceptors (Lipinski definition) is 5. The third-order valence-electron chi connectivity index (χ3n) is 5.01. The maximum Gasteiger partial charge on any atom is 0.0887 e. The van der Waals surface area contributed by atoms with Crippen molar-refractivity contribution in [3.8, 4) is 0 Å². The van der Waals surface area contributed by atoms with Crippen LogP contribution in [0.5, 0.6) is 0 Å². The van der Waals surface area contributed by atoms with Crippen LogP contribution in [0.25, 0.3) is 0 Å². The third kappa shape index (κ3) is 4.45. The lowest BCUT2D eigenvalue weighted by atomic mass is 10.1. The van der Waals surface area contributed by atoms with Crippen LogP contribution in [0.2, 0.25) is 0 Å². The molecule has 0 bridgehead atoms. The van der Waals surface area contributed by atoms with Gasteiger partial charge in [0, 0.05) is 51.1 Å². The van der Waals surface area contributed by atoms with Gasteiger partial charge in [-0.25, -0.2) is 0 Å². The summed E-state index contributed by atoms with van der Waals surface area (Å²) >= 11 is 0. The van der Waals surface area contributed by atoms with E-state index in [1.165, 1.54) is 12.1 Å². The summed E-state index contributed by atoms with van der Waals surface area (Å²) in [5.41, 5.74) is 2.28. The molecule has 0 amide bonds. The zero-order valence-corrected chi connectivity index (χ0v) is 14.6. The van der Waals surface area contributed by atoms with Crippen LogP contribution in [0.4, 0.5) is 0 Å². The minimum atomic E-state index is 0.437. The molecule has 25 heavy (non-hydrogen) atoms. The fourth-order valence-electron chi connectivity index (χ4n) is 3.77. The molecule has 6 nitrogen and oxygen atoms in total. The topological polar surface area (TPSA) is 52.4 Å². The molecule has 1 fully saturated rings. The van der Waals surface area contributed by atoms with E-state index < -0.39 is 0 Å². The van der Waals surface area contributed by atoms with Crippen molar-refractivity contribution in [3.63, 3.8) is 0 Å². The van der Waals surface area contributed by atoms with Crippen LogP contribution in [0.1, 0.15) is 17.8 Å². The summed E-state index contributed by atoms with van der Waals surface area (Å²) in [5.74, 6) is 1.09. The molecule has 0 spiro atoms. The van der Waals surface area contributed by atoms with Crippen LogP contribution in [0, 0.1) is 11.8 Å². The quantitative estimate of drug-likeness (QED) is 0.803. The van der Waals surface area contributed by atoms with E-state index in [-0.39, 0.29) is 0 Å². The van der Waals surface area contributed by atoms with Crippen LogP contribution in [-0.2, 0) is 29.2 Å². The molecule has 2 unspecified atom stereocenters. The second-order valence-corrected chi connectivity index (χ2v) is 7.13. The maximum atomic E-state index is 5.97. The van der Waals surface area contributed by atoms with Crippen LogP contribution < -0.4 is 0 Å². The van der Waals surface area contributed by atoms with Crippen LogP contribution in [0.15, 0.2) is 36.7 Å². The predicted octanol–water partition coefficient (Wildman–Crippen LogP) is 1.96. The number of hydrogen-bond donors (Lipinski definition) is 0.